The molecule has 4 aliphatic carbocycles. The van der Waals surface area contributed by atoms with Crippen molar-refractivity contribution in [3.63, 3.8) is 0 Å². The molecule has 4 saturated carbocycles. The minimum Gasteiger partial charge on any atom is -0.369 e. The summed E-state index contributed by atoms with van der Waals surface area (Å²) in [5, 5.41) is 5.85. The van der Waals surface area contributed by atoms with Gasteiger partial charge in [-0.2, -0.15) is 4.72 Å². The molecular weight excluding hydrogens is 420 g/mol. The number of carbonyl (C=O) groups excluding carboxylic acids is 2. The van der Waals surface area contributed by atoms with Crippen molar-refractivity contribution in [3.05, 3.63) is 29.2 Å². The topological polar surface area (TPSA) is 148 Å². The van der Waals surface area contributed by atoms with Crippen LogP contribution in [0.3, 0.4) is 0 Å². The summed E-state index contributed by atoms with van der Waals surface area (Å²) in [6.07, 6.45) is 3.47. The number of nitrogens with two attached hydrogens (primary N) is 1. The van der Waals surface area contributed by atoms with Crippen molar-refractivity contribution >= 4 is 27.5 Å². The van der Waals surface area contributed by atoms with Gasteiger partial charge in [-0.25, -0.2) is 8.42 Å². The monoisotopic (exact) mass is 446 g/mol. The van der Waals surface area contributed by atoms with Crippen LogP contribution in [0.5, 0.6) is 0 Å². The van der Waals surface area contributed by atoms with E-state index < -0.39 is 26.9 Å². The third kappa shape index (κ3) is 2.48. The van der Waals surface area contributed by atoms with Crippen LogP contribution < -0.4 is 15.8 Å². The molecule has 1 aromatic carbocycles. The summed E-state index contributed by atoms with van der Waals surface area (Å²) >= 11 is 0. The molecule has 0 aliphatic heterocycles. The van der Waals surface area contributed by atoms with Gasteiger partial charge in [0.05, 0.1) is 10.3 Å². The Bertz CT molecular complexity index is 1120. The van der Waals surface area contributed by atoms with Crippen molar-refractivity contribution in [2.24, 2.45) is 39.5 Å². The lowest BCUT2D eigenvalue weighted by atomic mass is 9.29. The van der Waals surface area contributed by atoms with Gasteiger partial charge in [0.1, 0.15) is 11.2 Å². The van der Waals surface area contributed by atoms with Gasteiger partial charge in [-0.3, -0.25) is 9.59 Å². The normalized spacial score (nSPS) is 37.4. The van der Waals surface area contributed by atoms with Crippen molar-refractivity contribution in [3.8, 4) is 0 Å². The lowest BCUT2D eigenvalue weighted by Gasteiger charge is -2.73. The summed E-state index contributed by atoms with van der Waals surface area (Å²) in [7, 11) is -4.04. The van der Waals surface area contributed by atoms with Crippen LogP contribution in [0.15, 0.2) is 34.3 Å². The molecule has 31 heavy (non-hydrogen) atoms. The van der Waals surface area contributed by atoms with Gasteiger partial charge in [0.2, 0.25) is 21.8 Å². The van der Waals surface area contributed by atoms with Gasteiger partial charge in [0, 0.05) is 6.04 Å². The van der Waals surface area contributed by atoms with Crippen LogP contribution >= 0.6 is 0 Å². The van der Waals surface area contributed by atoms with Crippen molar-refractivity contribution in [2.75, 3.05) is 0 Å². The zero-order valence-corrected chi connectivity index (χ0v) is 18.2. The van der Waals surface area contributed by atoms with Crippen LogP contribution in [0.1, 0.15) is 39.5 Å². The molecule has 5 rings (SSSR count). The number of rotatable bonds is 7. The molecule has 2 amide bonds. The highest BCUT2D eigenvalue weighted by atomic mass is 32.2. The van der Waals surface area contributed by atoms with E-state index >= 15 is 0 Å². The van der Waals surface area contributed by atoms with Crippen molar-refractivity contribution in [2.45, 2.75) is 56.0 Å². The Balaban J connectivity index is 1.31. The fraction of sp³-hybridized carbons (Fsp3) is 0.619. The first-order chi connectivity index (χ1) is 14.5. The fourth-order valence-electron chi connectivity index (χ4n) is 7.28. The van der Waals surface area contributed by atoms with E-state index in [9.17, 15) is 22.9 Å². The number of sulfonamides is 1. The zero-order valence-electron chi connectivity index (χ0n) is 17.4. The van der Waals surface area contributed by atoms with E-state index in [1.807, 2.05) is 0 Å². The number of hydrogen-bond donors (Lipinski definition) is 3. The Morgan fingerprint density at radius 2 is 1.97 bits per heavy atom. The van der Waals surface area contributed by atoms with Crippen molar-refractivity contribution in [1.29, 1.82) is 0 Å². The highest BCUT2D eigenvalue weighted by Gasteiger charge is 2.85. The molecule has 6 atom stereocenters. The van der Waals surface area contributed by atoms with E-state index in [0.717, 1.165) is 25.3 Å². The van der Waals surface area contributed by atoms with Gasteiger partial charge < -0.3 is 11.1 Å². The van der Waals surface area contributed by atoms with Crippen LogP contribution in [0.2, 0.25) is 0 Å². The van der Waals surface area contributed by atoms with E-state index in [-0.39, 0.29) is 33.9 Å². The number of nitrogens with one attached hydrogen (secondary N) is 2. The molecule has 4 N–H and O–H groups in total. The number of nitrogens with zero attached hydrogens (tertiary/aromatic N) is 1. The Kier molecular flexibility index (Phi) is 4.07. The summed E-state index contributed by atoms with van der Waals surface area (Å²) in [4.78, 5) is 35.8. The maximum atomic E-state index is 13.1. The third-order valence-corrected chi connectivity index (χ3v) is 10.2. The predicted octanol–water partition coefficient (Wildman–Crippen LogP) is 1.55. The van der Waals surface area contributed by atoms with Gasteiger partial charge in [-0.15, -0.1) is 4.91 Å². The Labute approximate surface area is 180 Å². The second-order valence-electron chi connectivity index (χ2n) is 10.2. The van der Waals surface area contributed by atoms with Crippen LogP contribution in [-0.2, 0) is 19.6 Å². The number of primary amides is 1. The maximum absolute atomic E-state index is 13.1. The molecule has 10 heteroatoms. The number of fused-ring (bicyclic) bond motifs is 1. The maximum Gasteiger partial charge on any atom is 0.241 e. The number of benzene rings is 1. The fourth-order valence-corrected chi connectivity index (χ4v) is 8.69. The highest BCUT2D eigenvalue weighted by Crippen LogP contribution is 2.86. The summed E-state index contributed by atoms with van der Waals surface area (Å²) in [5.41, 5.74) is 3.86. The van der Waals surface area contributed by atoms with E-state index in [2.05, 4.69) is 15.2 Å². The molecule has 4 fully saturated rings. The molecule has 1 aromatic rings. The molecule has 6 unspecified atom stereocenters. The van der Waals surface area contributed by atoms with Gasteiger partial charge >= 0.3 is 0 Å². The van der Waals surface area contributed by atoms with E-state index in [4.69, 9.17) is 5.73 Å². The summed E-state index contributed by atoms with van der Waals surface area (Å²) < 4.78 is 28.0. The Morgan fingerprint density at radius 3 is 2.65 bits per heavy atom. The molecule has 2 bridgehead atoms. The van der Waals surface area contributed by atoms with Gasteiger partial charge in [-0.05, 0) is 86.1 Å². The third-order valence-electron chi connectivity index (χ3n) is 8.53. The lowest BCUT2D eigenvalue weighted by Crippen LogP contribution is -2.76. The second-order valence-corrected chi connectivity index (χ2v) is 11.9. The molecule has 4 aliphatic rings. The van der Waals surface area contributed by atoms with Gasteiger partial charge in [0.15, 0.2) is 0 Å². The second kappa shape index (κ2) is 6.13. The summed E-state index contributed by atoms with van der Waals surface area (Å²) in [6.45, 7) is 3.02. The SMILES string of the molecule is CC(C)(NS(=O)(=O)c1cccc(N=O)c1)C(=O)NC1C2CC3CC4(C(N)=O)CC1C34C2. The standard InChI is InChI=1S/C21H26N4O5S/c1-19(2,25-31(29,30)14-5-3-4-13(7-14)24-28)18(27)23-16-11-6-12-9-20(17(22)26)10-15(16)21(12,20)8-11/h3-5,7,11-12,15-16,25H,6,8-10H2,1-2H3,(H2,22,26)(H,23,27). The van der Waals surface area contributed by atoms with Gasteiger partial charge in [0.25, 0.3) is 0 Å². The quantitative estimate of drug-likeness (QED) is 0.544. The van der Waals surface area contributed by atoms with Crippen LogP contribution in [0.4, 0.5) is 5.69 Å². The molecule has 0 heterocycles. The summed E-state index contributed by atoms with van der Waals surface area (Å²) in [6, 6.07) is 5.25. The number of carbonyl (C=O) groups is 2. The Hall–Kier alpha value is -2.33. The molecule has 0 radical (unpaired) electrons. The minimum atomic E-state index is -4.04. The van der Waals surface area contributed by atoms with Crippen LogP contribution in [0.25, 0.3) is 0 Å². The molecule has 9 nitrogen and oxygen atoms in total. The van der Waals surface area contributed by atoms with E-state index in [1.54, 1.807) is 0 Å². The minimum absolute atomic E-state index is 0.00987. The first-order valence-corrected chi connectivity index (χ1v) is 12.0. The largest absolute Gasteiger partial charge is 0.369 e. The lowest BCUT2D eigenvalue weighted by molar-refractivity contribution is -0.252. The molecule has 0 saturated heterocycles. The van der Waals surface area contributed by atoms with Crippen LogP contribution in [0, 0.1) is 33.5 Å². The van der Waals surface area contributed by atoms with Crippen LogP contribution in [-0.4, -0.2) is 31.8 Å². The Morgan fingerprint density at radius 1 is 1.23 bits per heavy atom. The summed E-state index contributed by atoms with van der Waals surface area (Å²) in [5.74, 6) is 0.409. The average molecular weight is 447 g/mol. The van der Waals surface area contributed by atoms with Gasteiger partial charge in [-0.1, -0.05) is 6.07 Å². The molecule has 166 valence electrons. The zero-order chi connectivity index (χ0) is 22.4. The molecular formula is C21H26N4O5S. The average Bonchev–Trinajstić information content (AvgIpc) is 3.18. The first-order valence-electron chi connectivity index (χ1n) is 10.6. The first kappa shape index (κ1) is 20.6. The highest BCUT2D eigenvalue weighted by molar-refractivity contribution is 7.89. The number of nitroso groups, excluding NO2 is 1. The number of amides is 2. The van der Waals surface area contributed by atoms with E-state index in [0.29, 0.717) is 18.3 Å². The number of hydrogen-bond acceptors (Lipinski definition) is 6. The van der Waals surface area contributed by atoms with E-state index in [1.165, 1.54) is 32.0 Å². The van der Waals surface area contributed by atoms with Crippen molar-refractivity contribution < 1.29 is 18.0 Å². The smallest absolute Gasteiger partial charge is 0.241 e. The molecule has 0 aromatic heterocycles. The predicted molar refractivity (Wildman–Crippen MR) is 111 cm³/mol. The van der Waals surface area contributed by atoms with Crippen molar-refractivity contribution in [1.82, 2.24) is 10.0 Å². The molecule has 1 spiro atoms.